The molecule has 0 aliphatic rings. The third kappa shape index (κ3) is 5.22. The first-order valence-electron chi connectivity index (χ1n) is 9.23. The Morgan fingerprint density at radius 1 is 1.03 bits per heavy atom. The maximum absolute atomic E-state index is 12.7. The Kier molecular flexibility index (Phi) is 6.31. The topological polar surface area (TPSA) is 59.2 Å². The largest absolute Gasteiger partial charge is 0.416 e. The molecule has 1 amide bonds. The molecule has 0 atom stereocenters. The molecule has 0 N–H and O–H groups in total. The van der Waals surface area contributed by atoms with Crippen molar-refractivity contribution < 1.29 is 22.5 Å². The van der Waals surface area contributed by atoms with Crippen molar-refractivity contribution in [2.45, 2.75) is 25.9 Å². The Morgan fingerprint density at radius 3 is 2.34 bits per heavy atom. The molecule has 152 valence electrons. The van der Waals surface area contributed by atoms with E-state index in [2.05, 4.69) is 10.1 Å². The molecule has 29 heavy (non-hydrogen) atoms. The molecule has 0 radical (unpaired) electrons. The van der Waals surface area contributed by atoms with Crippen LogP contribution < -0.4 is 0 Å². The van der Waals surface area contributed by atoms with Crippen molar-refractivity contribution in [1.29, 1.82) is 0 Å². The van der Waals surface area contributed by atoms with Crippen molar-refractivity contribution >= 4 is 5.91 Å². The van der Waals surface area contributed by atoms with Gasteiger partial charge in [0.25, 0.3) is 5.91 Å². The van der Waals surface area contributed by atoms with E-state index in [0.717, 1.165) is 17.7 Å². The molecule has 0 saturated heterocycles. The zero-order valence-corrected chi connectivity index (χ0v) is 15.8. The molecule has 2 aromatic carbocycles. The lowest BCUT2D eigenvalue weighted by Gasteiger charge is -2.21. The van der Waals surface area contributed by atoms with Crippen LogP contribution in [0.25, 0.3) is 11.4 Å². The van der Waals surface area contributed by atoms with Crippen LogP contribution in [0.15, 0.2) is 59.1 Å². The van der Waals surface area contributed by atoms with Crippen LogP contribution in [0.5, 0.6) is 0 Å². The zero-order valence-electron chi connectivity index (χ0n) is 15.8. The van der Waals surface area contributed by atoms with Crippen LogP contribution in [-0.4, -0.2) is 34.0 Å². The molecule has 3 aromatic rings. The lowest BCUT2D eigenvalue weighted by Crippen LogP contribution is -2.33. The van der Waals surface area contributed by atoms with Crippen LogP contribution in [-0.2, 0) is 12.6 Å². The summed E-state index contributed by atoms with van der Waals surface area (Å²) >= 11 is 0. The lowest BCUT2D eigenvalue weighted by atomic mass is 10.1. The molecule has 1 heterocycles. The highest BCUT2D eigenvalue weighted by Gasteiger charge is 2.30. The van der Waals surface area contributed by atoms with E-state index in [9.17, 15) is 18.0 Å². The SMILES string of the molecule is CCCN(CCc1nc(-c2ccccc2)no1)C(=O)c1ccc(C(F)(F)F)cc1. The second-order valence-electron chi connectivity index (χ2n) is 6.50. The first-order valence-corrected chi connectivity index (χ1v) is 9.23. The van der Waals surface area contributed by atoms with E-state index in [0.29, 0.717) is 37.6 Å². The summed E-state index contributed by atoms with van der Waals surface area (Å²) in [5.74, 6) is 0.533. The number of carbonyl (C=O) groups excluding carboxylic acids is 1. The fourth-order valence-corrected chi connectivity index (χ4v) is 2.86. The molecule has 0 bridgehead atoms. The smallest absolute Gasteiger partial charge is 0.339 e. The average molecular weight is 403 g/mol. The van der Waals surface area contributed by atoms with Crippen LogP contribution in [0.1, 0.15) is 35.2 Å². The van der Waals surface area contributed by atoms with Gasteiger partial charge in [0.2, 0.25) is 11.7 Å². The number of hydrogen-bond donors (Lipinski definition) is 0. The monoisotopic (exact) mass is 403 g/mol. The lowest BCUT2D eigenvalue weighted by molar-refractivity contribution is -0.137. The number of amides is 1. The van der Waals surface area contributed by atoms with Gasteiger partial charge in [0.05, 0.1) is 5.56 Å². The summed E-state index contributed by atoms with van der Waals surface area (Å²) in [5.41, 5.74) is 0.256. The highest BCUT2D eigenvalue weighted by Crippen LogP contribution is 2.29. The van der Waals surface area contributed by atoms with Crippen molar-refractivity contribution in [3.8, 4) is 11.4 Å². The summed E-state index contributed by atoms with van der Waals surface area (Å²) in [6, 6.07) is 13.6. The van der Waals surface area contributed by atoms with E-state index in [1.807, 2.05) is 37.3 Å². The molecular weight excluding hydrogens is 383 g/mol. The van der Waals surface area contributed by atoms with Gasteiger partial charge in [-0.3, -0.25) is 4.79 Å². The minimum absolute atomic E-state index is 0.210. The molecule has 8 heteroatoms. The van der Waals surface area contributed by atoms with Crippen LogP contribution in [0, 0.1) is 0 Å². The summed E-state index contributed by atoms with van der Waals surface area (Å²) in [7, 11) is 0. The molecule has 1 aromatic heterocycles. The van der Waals surface area contributed by atoms with Crippen LogP contribution in [0.4, 0.5) is 13.2 Å². The fraction of sp³-hybridized carbons (Fsp3) is 0.286. The second-order valence-corrected chi connectivity index (χ2v) is 6.50. The van der Waals surface area contributed by atoms with Crippen LogP contribution in [0.2, 0.25) is 0 Å². The van der Waals surface area contributed by atoms with Crippen molar-refractivity contribution in [3.63, 3.8) is 0 Å². The molecule has 5 nitrogen and oxygen atoms in total. The minimum atomic E-state index is -4.43. The minimum Gasteiger partial charge on any atom is -0.339 e. The van der Waals surface area contributed by atoms with Gasteiger partial charge in [-0.2, -0.15) is 18.2 Å². The number of hydrogen-bond acceptors (Lipinski definition) is 4. The summed E-state index contributed by atoms with van der Waals surface area (Å²) in [5, 5.41) is 3.95. The number of halogens is 3. The maximum atomic E-state index is 12.7. The van der Waals surface area contributed by atoms with E-state index in [-0.39, 0.29) is 11.5 Å². The van der Waals surface area contributed by atoms with Gasteiger partial charge < -0.3 is 9.42 Å². The average Bonchev–Trinajstić information content (AvgIpc) is 3.20. The van der Waals surface area contributed by atoms with Crippen LogP contribution >= 0.6 is 0 Å². The van der Waals surface area contributed by atoms with Gasteiger partial charge in [-0.1, -0.05) is 42.4 Å². The molecule has 0 spiro atoms. The van der Waals surface area contributed by atoms with Gasteiger partial charge in [-0.05, 0) is 30.7 Å². The standard InChI is InChI=1S/C21H20F3N3O2/c1-2-13-27(20(28)16-8-10-17(11-9-16)21(22,23)24)14-12-18-25-19(26-29-18)15-6-4-3-5-7-15/h3-11H,2,12-14H2,1H3. The normalized spacial score (nSPS) is 11.4. The highest BCUT2D eigenvalue weighted by molar-refractivity contribution is 5.94. The zero-order chi connectivity index (χ0) is 20.9. The molecule has 0 saturated carbocycles. The number of benzene rings is 2. The van der Waals surface area contributed by atoms with Crippen molar-refractivity contribution in [1.82, 2.24) is 15.0 Å². The highest BCUT2D eigenvalue weighted by atomic mass is 19.4. The van der Waals surface area contributed by atoms with E-state index in [1.165, 1.54) is 12.1 Å². The Hall–Kier alpha value is -3.16. The number of rotatable bonds is 7. The van der Waals surface area contributed by atoms with Gasteiger partial charge in [0, 0.05) is 30.6 Å². The maximum Gasteiger partial charge on any atom is 0.416 e. The summed E-state index contributed by atoms with van der Waals surface area (Å²) in [6.07, 6.45) is -3.36. The number of carbonyl (C=O) groups is 1. The van der Waals surface area contributed by atoms with E-state index < -0.39 is 11.7 Å². The van der Waals surface area contributed by atoms with Gasteiger partial charge >= 0.3 is 6.18 Å². The van der Waals surface area contributed by atoms with Gasteiger partial charge in [0.1, 0.15) is 0 Å². The Bertz CT molecular complexity index is 938. The Morgan fingerprint density at radius 2 is 1.72 bits per heavy atom. The predicted molar refractivity (Wildman–Crippen MR) is 101 cm³/mol. The van der Waals surface area contributed by atoms with Gasteiger partial charge in [0.15, 0.2) is 0 Å². The number of nitrogens with zero attached hydrogens (tertiary/aromatic N) is 3. The summed E-state index contributed by atoms with van der Waals surface area (Å²) in [6.45, 7) is 2.72. The third-order valence-corrected chi connectivity index (χ3v) is 4.34. The fourth-order valence-electron chi connectivity index (χ4n) is 2.86. The first kappa shape index (κ1) is 20.6. The molecule has 0 fully saturated rings. The number of alkyl halides is 3. The van der Waals surface area contributed by atoms with Crippen molar-refractivity contribution in [2.75, 3.05) is 13.1 Å². The molecule has 0 unspecified atom stereocenters. The molecule has 3 rings (SSSR count). The van der Waals surface area contributed by atoms with E-state index in [1.54, 1.807) is 4.90 Å². The third-order valence-electron chi connectivity index (χ3n) is 4.34. The van der Waals surface area contributed by atoms with E-state index >= 15 is 0 Å². The number of aromatic nitrogens is 2. The molecular formula is C21H20F3N3O2. The Balaban J connectivity index is 1.67. The molecule has 0 aliphatic carbocycles. The van der Waals surface area contributed by atoms with E-state index in [4.69, 9.17) is 4.52 Å². The predicted octanol–water partition coefficient (Wildman–Crippen LogP) is 4.85. The van der Waals surface area contributed by atoms with Gasteiger partial charge in [-0.25, -0.2) is 0 Å². The first-order chi connectivity index (χ1) is 13.9. The van der Waals surface area contributed by atoms with Gasteiger partial charge in [-0.15, -0.1) is 0 Å². The van der Waals surface area contributed by atoms with Crippen LogP contribution in [0.3, 0.4) is 0 Å². The summed E-state index contributed by atoms with van der Waals surface area (Å²) < 4.78 is 43.4. The summed E-state index contributed by atoms with van der Waals surface area (Å²) in [4.78, 5) is 18.6. The van der Waals surface area contributed by atoms with Crippen molar-refractivity contribution in [3.05, 3.63) is 71.6 Å². The second kappa shape index (κ2) is 8.89. The van der Waals surface area contributed by atoms with Crippen molar-refractivity contribution in [2.24, 2.45) is 0 Å². The Labute approximate surface area is 166 Å². The quantitative estimate of drug-likeness (QED) is 0.566. The molecule has 0 aliphatic heterocycles.